The average Bonchev–Trinajstić information content (AvgIpc) is 3.56. The van der Waals surface area contributed by atoms with E-state index in [1.165, 1.54) is 24.1 Å². The van der Waals surface area contributed by atoms with Crippen molar-refractivity contribution in [2.24, 2.45) is 5.92 Å². The fraction of sp³-hybridized carbons (Fsp3) is 0.435. The van der Waals surface area contributed by atoms with Crippen LogP contribution in [-0.2, 0) is 0 Å². The third-order valence-corrected chi connectivity index (χ3v) is 5.74. The van der Waals surface area contributed by atoms with E-state index in [-0.39, 0.29) is 6.03 Å². The van der Waals surface area contributed by atoms with Gasteiger partial charge in [-0.3, -0.25) is 4.90 Å². The average molecular weight is 380 g/mol. The van der Waals surface area contributed by atoms with Crippen molar-refractivity contribution in [1.82, 2.24) is 4.90 Å². The lowest BCUT2D eigenvalue weighted by Crippen LogP contribution is -2.53. The van der Waals surface area contributed by atoms with Crippen LogP contribution in [-0.4, -0.2) is 50.8 Å². The fourth-order valence-corrected chi connectivity index (χ4v) is 3.86. The van der Waals surface area contributed by atoms with E-state index in [0.29, 0.717) is 5.92 Å². The topological polar surface area (TPSA) is 36.0 Å². The minimum absolute atomic E-state index is 0.115. The first kappa shape index (κ1) is 18.7. The number of hydrogen-bond donors (Lipinski definition) is 0. The van der Waals surface area contributed by atoms with Gasteiger partial charge in [0, 0.05) is 50.2 Å². The lowest BCUT2D eigenvalue weighted by molar-refractivity contribution is 0.200. The predicted molar refractivity (Wildman–Crippen MR) is 113 cm³/mol. The zero-order valence-corrected chi connectivity index (χ0v) is 16.8. The molecular formula is C23H29N3O2. The summed E-state index contributed by atoms with van der Waals surface area (Å²) >= 11 is 0. The van der Waals surface area contributed by atoms with Gasteiger partial charge < -0.3 is 14.5 Å². The van der Waals surface area contributed by atoms with Crippen LogP contribution in [0.4, 0.5) is 16.2 Å². The first-order valence-corrected chi connectivity index (χ1v) is 10.2. The number of carbonyl (C=O) groups is 1. The SMILES string of the molecule is COc1cccc(N(CC2CC2)C(=O)N2CCN(c3ccccc3C)CC2)c1. The van der Waals surface area contributed by atoms with Crippen LogP contribution in [0.1, 0.15) is 18.4 Å². The summed E-state index contributed by atoms with van der Waals surface area (Å²) < 4.78 is 5.37. The predicted octanol–water partition coefficient (Wildman–Crippen LogP) is 4.16. The maximum absolute atomic E-state index is 13.4. The number of para-hydroxylation sites is 1. The molecule has 0 atom stereocenters. The number of piperazine rings is 1. The lowest BCUT2D eigenvalue weighted by atomic mass is 10.1. The van der Waals surface area contributed by atoms with Crippen molar-refractivity contribution < 1.29 is 9.53 Å². The number of benzene rings is 2. The van der Waals surface area contributed by atoms with Crippen molar-refractivity contribution >= 4 is 17.4 Å². The Morgan fingerprint density at radius 2 is 1.82 bits per heavy atom. The van der Waals surface area contributed by atoms with Gasteiger partial charge in [-0.1, -0.05) is 24.3 Å². The van der Waals surface area contributed by atoms with E-state index in [4.69, 9.17) is 4.74 Å². The molecule has 2 aromatic carbocycles. The molecule has 1 aliphatic carbocycles. The molecule has 1 aliphatic heterocycles. The second kappa shape index (κ2) is 8.13. The normalized spacial score (nSPS) is 16.8. The minimum atomic E-state index is 0.115. The zero-order chi connectivity index (χ0) is 19.5. The zero-order valence-electron chi connectivity index (χ0n) is 16.8. The number of anilines is 2. The number of amides is 2. The molecule has 0 spiro atoms. The number of methoxy groups -OCH3 is 1. The summed E-state index contributed by atoms with van der Waals surface area (Å²) in [5, 5.41) is 0. The molecule has 2 amide bonds. The molecule has 1 heterocycles. The van der Waals surface area contributed by atoms with Gasteiger partial charge in [-0.15, -0.1) is 0 Å². The number of nitrogens with zero attached hydrogens (tertiary/aromatic N) is 3. The van der Waals surface area contributed by atoms with Crippen LogP contribution in [0.25, 0.3) is 0 Å². The summed E-state index contributed by atoms with van der Waals surface area (Å²) in [5.41, 5.74) is 3.49. The largest absolute Gasteiger partial charge is 0.497 e. The molecule has 2 fully saturated rings. The molecule has 2 aromatic rings. The van der Waals surface area contributed by atoms with E-state index in [0.717, 1.165) is 44.2 Å². The molecule has 5 heteroatoms. The Hall–Kier alpha value is -2.69. The molecule has 1 saturated heterocycles. The summed E-state index contributed by atoms with van der Waals surface area (Å²) in [5.74, 6) is 1.42. The molecule has 2 aliphatic rings. The van der Waals surface area contributed by atoms with Crippen LogP contribution in [0, 0.1) is 12.8 Å². The van der Waals surface area contributed by atoms with Crippen LogP contribution < -0.4 is 14.5 Å². The first-order valence-electron chi connectivity index (χ1n) is 10.2. The monoisotopic (exact) mass is 379 g/mol. The maximum atomic E-state index is 13.4. The van der Waals surface area contributed by atoms with Gasteiger partial charge in [-0.25, -0.2) is 4.79 Å². The van der Waals surface area contributed by atoms with Crippen molar-refractivity contribution in [3.63, 3.8) is 0 Å². The lowest BCUT2D eigenvalue weighted by Gasteiger charge is -2.39. The van der Waals surface area contributed by atoms with E-state index in [1.807, 2.05) is 34.1 Å². The molecule has 0 aromatic heterocycles. The van der Waals surface area contributed by atoms with E-state index >= 15 is 0 Å². The highest BCUT2D eigenvalue weighted by Gasteiger charge is 2.31. The minimum Gasteiger partial charge on any atom is -0.497 e. The summed E-state index contributed by atoms with van der Waals surface area (Å²) in [6.45, 7) is 6.17. The molecule has 28 heavy (non-hydrogen) atoms. The van der Waals surface area contributed by atoms with Gasteiger partial charge in [-0.05, 0) is 49.4 Å². The van der Waals surface area contributed by atoms with Gasteiger partial charge in [0.1, 0.15) is 5.75 Å². The third kappa shape index (κ3) is 4.08. The van der Waals surface area contributed by atoms with E-state index < -0.39 is 0 Å². The standard InChI is InChI=1S/C23H29N3O2/c1-18-6-3-4-9-22(18)24-12-14-25(15-13-24)23(27)26(17-19-10-11-19)20-7-5-8-21(16-20)28-2/h3-9,16,19H,10-15,17H2,1-2H3. The Balaban J connectivity index is 1.46. The van der Waals surface area contributed by atoms with Gasteiger partial charge in [0.25, 0.3) is 0 Å². The van der Waals surface area contributed by atoms with Gasteiger partial charge in [0.2, 0.25) is 0 Å². The fourth-order valence-electron chi connectivity index (χ4n) is 3.86. The van der Waals surface area contributed by atoms with Crippen molar-refractivity contribution in [3.8, 4) is 5.75 Å². The Morgan fingerprint density at radius 1 is 1.07 bits per heavy atom. The second-order valence-corrected chi connectivity index (χ2v) is 7.80. The van der Waals surface area contributed by atoms with Gasteiger partial charge in [0.05, 0.1) is 7.11 Å². The number of rotatable bonds is 5. The molecule has 4 rings (SSSR count). The molecular weight excluding hydrogens is 350 g/mol. The number of carbonyl (C=O) groups excluding carboxylic acids is 1. The maximum Gasteiger partial charge on any atom is 0.324 e. The van der Waals surface area contributed by atoms with Crippen LogP contribution in [0.5, 0.6) is 5.75 Å². The van der Waals surface area contributed by atoms with Gasteiger partial charge in [0.15, 0.2) is 0 Å². The molecule has 0 radical (unpaired) electrons. The van der Waals surface area contributed by atoms with E-state index in [1.54, 1.807) is 7.11 Å². The van der Waals surface area contributed by atoms with E-state index in [9.17, 15) is 4.79 Å². The number of hydrogen-bond acceptors (Lipinski definition) is 3. The molecule has 0 unspecified atom stereocenters. The van der Waals surface area contributed by atoms with Crippen LogP contribution >= 0.6 is 0 Å². The summed E-state index contributed by atoms with van der Waals surface area (Å²) in [4.78, 5) is 19.7. The Kier molecular flexibility index (Phi) is 5.42. The summed E-state index contributed by atoms with van der Waals surface area (Å²) in [6, 6.07) is 16.4. The molecule has 0 N–H and O–H groups in total. The molecule has 148 valence electrons. The Bertz CT molecular complexity index is 826. The number of urea groups is 1. The van der Waals surface area contributed by atoms with Gasteiger partial charge in [-0.2, -0.15) is 0 Å². The van der Waals surface area contributed by atoms with E-state index in [2.05, 4.69) is 36.1 Å². The molecule has 5 nitrogen and oxygen atoms in total. The highest BCUT2D eigenvalue weighted by Crippen LogP contribution is 2.33. The molecule has 0 bridgehead atoms. The van der Waals surface area contributed by atoms with Crippen molar-refractivity contribution in [3.05, 3.63) is 54.1 Å². The van der Waals surface area contributed by atoms with Crippen molar-refractivity contribution in [1.29, 1.82) is 0 Å². The summed E-state index contributed by atoms with van der Waals surface area (Å²) in [6.07, 6.45) is 2.43. The Labute approximate surface area is 167 Å². The first-order chi connectivity index (χ1) is 13.7. The van der Waals surface area contributed by atoms with Crippen molar-refractivity contribution in [2.75, 3.05) is 49.6 Å². The smallest absolute Gasteiger partial charge is 0.324 e. The summed E-state index contributed by atoms with van der Waals surface area (Å²) in [7, 11) is 1.66. The van der Waals surface area contributed by atoms with Crippen LogP contribution in [0.2, 0.25) is 0 Å². The Morgan fingerprint density at radius 3 is 2.50 bits per heavy atom. The quantitative estimate of drug-likeness (QED) is 0.783. The second-order valence-electron chi connectivity index (χ2n) is 7.80. The van der Waals surface area contributed by atoms with Crippen LogP contribution in [0.3, 0.4) is 0 Å². The molecule has 1 saturated carbocycles. The highest BCUT2D eigenvalue weighted by molar-refractivity contribution is 5.92. The number of aryl methyl sites for hydroxylation is 1. The third-order valence-electron chi connectivity index (χ3n) is 5.74. The van der Waals surface area contributed by atoms with Gasteiger partial charge >= 0.3 is 6.03 Å². The number of ether oxygens (including phenoxy) is 1. The highest BCUT2D eigenvalue weighted by atomic mass is 16.5. The van der Waals surface area contributed by atoms with Crippen LogP contribution in [0.15, 0.2) is 48.5 Å². The van der Waals surface area contributed by atoms with Crippen molar-refractivity contribution in [2.45, 2.75) is 19.8 Å².